The third-order valence-corrected chi connectivity index (χ3v) is 4.22. The lowest BCUT2D eigenvalue weighted by Gasteiger charge is -2.34. The summed E-state index contributed by atoms with van der Waals surface area (Å²) in [6.07, 6.45) is 0.871. The summed E-state index contributed by atoms with van der Waals surface area (Å²) >= 11 is 0. The molecule has 1 aromatic rings. The van der Waals surface area contributed by atoms with E-state index in [0.717, 1.165) is 16.7 Å². The smallest absolute Gasteiger partial charge is 0.408 e. The van der Waals surface area contributed by atoms with Gasteiger partial charge in [0.15, 0.2) is 0 Å². The Morgan fingerprint density at radius 3 is 2.26 bits per heavy atom. The average Bonchev–Trinajstić information content (AvgIpc) is 2.59. The summed E-state index contributed by atoms with van der Waals surface area (Å²) in [5.74, 6) is -0.714. The Morgan fingerprint density at radius 1 is 1.13 bits per heavy atom. The van der Waals surface area contributed by atoms with Crippen LogP contribution in [0.5, 0.6) is 0 Å². The van der Waals surface area contributed by atoms with Crippen LogP contribution in [-0.4, -0.2) is 47.0 Å². The van der Waals surface area contributed by atoms with Gasteiger partial charge in [-0.2, -0.15) is 0 Å². The summed E-state index contributed by atoms with van der Waals surface area (Å²) < 4.78 is 5.20. The average molecular weight is 432 g/mol. The van der Waals surface area contributed by atoms with Crippen molar-refractivity contribution < 1.29 is 19.1 Å². The topological polar surface area (TPSA) is 87.7 Å². The normalized spacial score (nSPS) is 12.5. The van der Waals surface area contributed by atoms with Gasteiger partial charge in [0.05, 0.1) is 0 Å². The number of aryl methyl sites for hydroxylation is 2. The SMILES string of the molecule is C=CCN(C(=O)CNC(=O)OC(C)(C)C)C(C(=O)NC(C)(C)C)c1cc(C)ccc1C. The van der Waals surface area contributed by atoms with Gasteiger partial charge in [0.25, 0.3) is 0 Å². The maximum Gasteiger partial charge on any atom is 0.408 e. The molecule has 0 saturated heterocycles. The van der Waals surface area contributed by atoms with Crippen molar-refractivity contribution in [2.24, 2.45) is 0 Å². The number of hydrogen-bond donors (Lipinski definition) is 2. The number of hydrogen-bond acceptors (Lipinski definition) is 4. The maximum atomic E-state index is 13.3. The fourth-order valence-corrected chi connectivity index (χ4v) is 3.00. The molecule has 0 aliphatic rings. The summed E-state index contributed by atoms with van der Waals surface area (Å²) in [5, 5.41) is 5.45. The van der Waals surface area contributed by atoms with Gasteiger partial charge >= 0.3 is 6.09 Å². The molecule has 172 valence electrons. The van der Waals surface area contributed by atoms with Gasteiger partial charge in [-0.3, -0.25) is 9.59 Å². The van der Waals surface area contributed by atoms with Crippen LogP contribution in [0.2, 0.25) is 0 Å². The predicted molar refractivity (Wildman–Crippen MR) is 123 cm³/mol. The monoisotopic (exact) mass is 431 g/mol. The Balaban J connectivity index is 3.27. The molecule has 0 aliphatic carbocycles. The molecule has 0 aliphatic heterocycles. The van der Waals surface area contributed by atoms with Crippen LogP contribution in [0.1, 0.15) is 64.3 Å². The molecule has 2 N–H and O–H groups in total. The Morgan fingerprint density at radius 2 is 1.74 bits per heavy atom. The van der Waals surface area contributed by atoms with Gasteiger partial charge in [0.2, 0.25) is 11.8 Å². The first-order valence-corrected chi connectivity index (χ1v) is 10.4. The molecule has 0 spiro atoms. The van der Waals surface area contributed by atoms with Gasteiger partial charge in [-0.1, -0.05) is 29.8 Å². The zero-order valence-corrected chi connectivity index (χ0v) is 20.1. The van der Waals surface area contributed by atoms with Crippen LogP contribution in [-0.2, 0) is 14.3 Å². The molecule has 7 nitrogen and oxygen atoms in total. The lowest BCUT2D eigenvalue weighted by molar-refractivity contribution is -0.140. The molecule has 7 heteroatoms. The van der Waals surface area contributed by atoms with Gasteiger partial charge in [-0.15, -0.1) is 6.58 Å². The molecule has 1 unspecified atom stereocenters. The van der Waals surface area contributed by atoms with Crippen molar-refractivity contribution in [1.29, 1.82) is 0 Å². The van der Waals surface area contributed by atoms with Crippen molar-refractivity contribution in [2.75, 3.05) is 13.1 Å². The van der Waals surface area contributed by atoms with Crippen LogP contribution in [0.15, 0.2) is 30.9 Å². The lowest BCUT2D eigenvalue weighted by atomic mass is 9.95. The number of alkyl carbamates (subject to hydrolysis) is 1. The number of rotatable bonds is 7. The Bertz CT molecular complexity index is 819. The third kappa shape index (κ3) is 8.82. The van der Waals surface area contributed by atoms with E-state index >= 15 is 0 Å². The summed E-state index contributed by atoms with van der Waals surface area (Å²) in [6, 6.07) is 4.93. The molecule has 0 saturated carbocycles. The van der Waals surface area contributed by atoms with Crippen molar-refractivity contribution in [3.05, 3.63) is 47.5 Å². The molecule has 1 aromatic carbocycles. The van der Waals surface area contributed by atoms with Crippen LogP contribution < -0.4 is 10.6 Å². The standard InChI is InChI=1S/C24H37N3O4/c1-10-13-27(19(28)15-25-22(30)31-24(7,8)9)20(21(29)26-23(4,5)6)18-14-16(2)11-12-17(18)3/h10-12,14,20H,1,13,15H2,2-9H3,(H,25,30)(H,26,29). The number of nitrogens with one attached hydrogen (secondary N) is 2. The number of carbonyl (C=O) groups excluding carboxylic acids is 3. The first-order valence-electron chi connectivity index (χ1n) is 10.4. The van der Waals surface area contributed by atoms with E-state index in [9.17, 15) is 14.4 Å². The van der Waals surface area contributed by atoms with Crippen molar-refractivity contribution in [3.63, 3.8) is 0 Å². The zero-order chi connectivity index (χ0) is 24.0. The first-order chi connectivity index (χ1) is 14.1. The molecule has 1 atom stereocenters. The van der Waals surface area contributed by atoms with E-state index in [1.165, 1.54) is 4.90 Å². The van der Waals surface area contributed by atoms with Crippen LogP contribution in [0.3, 0.4) is 0 Å². The Kier molecular flexibility index (Phi) is 8.85. The molecule has 0 heterocycles. The van der Waals surface area contributed by atoms with Gasteiger partial charge in [0.1, 0.15) is 18.2 Å². The van der Waals surface area contributed by atoms with E-state index in [1.54, 1.807) is 26.8 Å². The van der Waals surface area contributed by atoms with Crippen molar-refractivity contribution in [2.45, 2.75) is 72.6 Å². The molecule has 0 radical (unpaired) electrons. The number of carbonyl (C=O) groups is 3. The molecule has 3 amide bonds. The number of ether oxygens (including phenoxy) is 1. The van der Waals surface area contributed by atoms with E-state index < -0.39 is 29.2 Å². The lowest BCUT2D eigenvalue weighted by Crippen LogP contribution is -2.51. The van der Waals surface area contributed by atoms with Gasteiger partial charge in [-0.25, -0.2) is 4.79 Å². The third-order valence-electron chi connectivity index (χ3n) is 4.22. The van der Waals surface area contributed by atoms with Crippen molar-refractivity contribution in [1.82, 2.24) is 15.5 Å². The second-order valence-corrected chi connectivity index (χ2v) is 9.69. The van der Waals surface area contributed by atoms with Crippen molar-refractivity contribution >= 4 is 17.9 Å². The largest absolute Gasteiger partial charge is 0.444 e. The fourth-order valence-electron chi connectivity index (χ4n) is 3.00. The molecule has 0 fully saturated rings. The van der Waals surface area contributed by atoms with E-state index in [0.29, 0.717) is 0 Å². The highest BCUT2D eigenvalue weighted by molar-refractivity contribution is 5.91. The second-order valence-electron chi connectivity index (χ2n) is 9.69. The predicted octanol–water partition coefficient (Wildman–Crippen LogP) is 3.80. The molecular formula is C24H37N3O4. The molecule has 1 rings (SSSR count). The summed E-state index contributed by atoms with van der Waals surface area (Å²) in [5.41, 5.74) is 1.44. The van der Waals surface area contributed by atoms with Gasteiger partial charge in [0, 0.05) is 12.1 Å². The molecule has 31 heavy (non-hydrogen) atoms. The minimum Gasteiger partial charge on any atom is -0.444 e. The fraction of sp³-hybridized carbons (Fsp3) is 0.542. The van der Waals surface area contributed by atoms with E-state index in [-0.39, 0.29) is 19.0 Å². The zero-order valence-electron chi connectivity index (χ0n) is 20.1. The summed E-state index contributed by atoms with van der Waals surface area (Å²) in [6.45, 7) is 18.3. The van der Waals surface area contributed by atoms with Gasteiger partial charge < -0.3 is 20.3 Å². The first kappa shape index (κ1) is 26.2. The minimum absolute atomic E-state index is 0.143. The molecule has 0 bridgehead atoms. The quantitative estimate of drug-likeness (QED) is 0.643. The van der Waals surface area contributed by atoms with E-state index in [4.69, 9.17) is 4.74 Å². The maximum absolute atomic E-state index is 13.3. The highest BCUT2D eigenvalue weighted by Gasteiger charge is 2.33. The number of benzene rings is 1. The number of amides is 3. The van der Waals surface area contributed by atoms with E-state index in [1.807, 2.05) is 52.8 Å². The summed E-state index contributed by atoms with van der Waals surface area (Å²) in [4.78, 5) is 39.9. The molecule has 0 aromatic heterocycles. The Labute approximate surface area is 186 Å². The van der Waals surface area contributed by atoms with Crippen LogP contribution in [0, 0.1) is 13.8 Å². The highest BCUT2D eigenvalue weighted by Crippen LogP contribution is 2.26. The van der Waals surface area contributed by atoms with Crippen LogP contribution >= 0.6 is 0 Å². The second kappa shape index (κ2) is 10.5. The van der Waals surface area contributed by atoms with E-state index in [2.05, 4.69) is 17.2 Å². The molecular weight excluding hydrogens is 394 g/mol. The van der Waals surface area contributed by atoms with Crippen LogP contribution in [0.4, 0.5) is 4.79 Å². The Hall–Kier alpha value is -2.83. The van der Waals surface area contributed by atoms with Crippen LogP contribution in [0.25, 0.3) is 0 Å². The number of nitrogens with zero attached hydrogens (tertiary/aromatic N) is 1. The minimum atomic E-state index is -0.870. The van der Waals surface area contributed by atoms with Gasteiger partial charge in [-0.05, 0) is 66.5 Å². The summed E-state index contributed by atoms with van der Waals surface area (Å²) in [7, 11) is 0. The highest BCUT2D eigenvalue weighted by atomic mass is 16.6. The van der Waals surface area contributed by atoms with Crippen molar-refractivity contribution in [3.8, 4) is 0 Å².